The van der Waals surface area contributed by atoms with Crippen LogP contribution < -0.4 is 16.6 Å². The molecule has 0 saturated carbocycles. The van der Waals surface area contributed by atoms with Crippen molar-refractivity contribution in [3.05, 3.63) is 74.1 Å². The number of rotatable bonds is 6. The van der Waals surface area contributed by atoms with Gasteiger partial charge in [0.05, 0.1) is 17.2 Å². The van der Waals surface area contributed by atoms with Crippen molar-refractivity contribution in [3.8, 4) is 0 Å². The van der Waals surface area contributed by atoms with Crippen LogP contribution in [0.25, 0.3) is 6.08 Å². The quantitative estimate of drug-likeness (QED) is 0.658. The highest BCUT2D eigenvalue weighted by Gasteiger charge is 2.32. The van der Waals surface area contributed by atoms with E-state index in [-0.39, 0.29) is 23.6 Å². The van der Waals surface area contributed by atoms with Gasteiger partial charge in [0, 0.05) is 45.9 Å². The van der Waals surface area contributed by atoms with E-state index in [9.17, 15) is 32.3 Å². The van der Waals surface area contributed by atoms with E-state index in [0.29, 0.717) is 19.4 Å². The number of benzene rings is 1. The summed E-state index contributed by atoms with van der Waals surface area (Å²) >= 11 is 0. The van der Waals surface area contributed by atoms with Gasteiger partial charge in [0.15, 0.2) is 0 Å². The highest BCUT2D eigenvalue weighted by Crippen LogP contribution is 2.31. The lowest BCUT2D eigenvalue weighted by Gasteiger charge is -2.25. The van der Waals surface area contributed by atoms with Crippen molar-refractivity contribution in [1.82, 2.24) is 19.4 Å². The molecule has 0 radical (unpaired) electrons. The molecule has 1 saturated heterocycles. The lowest BCUT2D eigenvalue weighted by atomic mass is 10.0. The van der Waals surface area contributed by atoms with Gasteiger partial charge in [-0.3, -0.25) is 19.0 Å². The zero-order valence-electron chi connectivity index (χ0n) is 18.1. The molecule has 0 spiro atoms. The van der Waals surface area contributed by atoms with Gasteiger partial charge in [0.25, 0.3) is 5.56 Å². The molecular weight excluding hydrogens is 441 g/mol. The Hall–Kier alpha value is -3.63. The Bertz CT molecular complexity index is 1210. The van der Waals surface area contributed by atoms with Crippen molar-refractivity contribution in [2.24, 2.45) is 14.1 Å². The highest BCUT2D eigenvalue weighted by molar-refractivity contribution is 5.92. The number of carbonyl (C=O) groups is 2. The lowest BCUT2D eigenvalue weighted by Crippen LogP contribution is -2.38. The molecule has 176 valence electrons. The van der Waals surface area contributed by atoms with E-state index >= 15 is 0 Å². The Labute approximate surface area is 186 Å². The van der Waals surface area contributed by atoms with Gasteiger partial charge in [0.2, 0.25) is 11.8 Å². The van der Waals surface area contributed by atoms with E-state index in [1.807, 2.05) is 0 Å². The summed E-state index contributed by atoms with van der Waals surface area (Å²) in [5.41, 5.74) is -1.71. The number of alkyl halides is 3. The number of likely N-dealkylation sites (tertiary alicyclic amines) is 1. The molecule has 1 aliphatic rings. The van der Waals surface area contributed by atoms with Crippen LogP contribution in [0.5, 0.6) is 0 Å². The van der Waals surface area contributed by atoms with Crippen LogP contribution >= 0.6 is 0 Å². The Morgan fingerprint density at radius 1 is 1.21 bits per heavy atom. The normalized spacial score (nSPS) is 15.3. The van der Waals surface area contributed by atoms with Gasteiger partial charge in [-0.2, -0.15) is 13.2 Å². The Kier molecular flexibility index (Phi) is 6.89. The van der Waals surface area contributed by atoms with E-state index in [1.165, 1.54) is 48.0 Å². The molecule has 2 aromatic rings. The minimum Gasteiger partial charge on any atom is -0.344 e. The van der Waals surface area contributed by atoms with Gasteiger partial charge in [-0.1, -0.05) is 12.1 Å². The van der Waals surface area contributed by atoms with Crippen molar-refractivity contribution < 1.29 is 22.8 Å². The molecule has 0 aliphatic carbocycles. The third-order valence-electron chi connectivity index (χ3n) is 5.39. The summed E-state index contributed by atoms with van der Waals surface area (Å²) in [6, 6.07) is 3.67. The molecule has 1 aromatic carbocycles. The molecule has 0 bridgehead atoms. The Balaban J connectivity index is 1.87. The molecule has 1 unspecified atom stereocenters. The van der Waals surface area contributed by atoms with E-state index in [2.05, 4.69) is 5.32 Å². The van der Waals surface area contributed by atoms with Crippen LogP contribution in [-0.2, 0) is 29.9 Å². The van der Waals surface area contributed by atoms with Crippen LogP contribution in [0.15, 0.2) is 46.1 Å². The first-order valence-electron chi connectivity index (χ1n) is 10.2. The lowest BCUT2D eigenvalue weighted by molar-refractivity contribution is -0.137. The third-order valence-corrected chi connectivity index (χ3v) is 5.39. The fourth-order valence-electron chi connectivity index (χ4n) is 3.62. The number of amides is 2. The average molecular weight is 464 g/mol. The summed E-state index contributed by atoms with van der Waals surface area (Å²) < 4.78 is 41.6. The summed E-state index contributed by atoms with van der Waals surface area (Å²) in [6.07, 6.45) is -0.00893. The first-order chi connectivity index (χ1) is 15.5. The topological polar surface area (TPSA) is 93.4 Å². The van der Waals surface area contributed by atoms with Gasteiger partial charge < -0.3 is 14.8 Å². The van der Waals surface area contributed by atoms with Gasteiger partial charge in [0.1, 0.15) is 0 Å². The maximum Gasteiger partial charge on any atom is 0.416 e. The van der Waals surface area contributed by atoms with Crippen molar-refractivity contribution in [2.45, 2.75) is 25.1 Å². The Morgan fingerprint density at radius 3 is 2.58 bits per heavy atom. The molecule has 1 N–H and O–H groups in total. The van der Waals surface area contributed by atoms with Crippen LogP contribution in [0.1, 0.15) is 35.6 Å². The largest absolute Gasteiger partial charge is 0.416 e. The molecule has 1 aliphatic heterocycles. The first kappa shape index (κ1) is 24.0. The predicted octanol–water partition coefficient (Wildman–Crippen LogP) is 1.60. The summed E-state index contributed by atoms with van der Waals surface area (Å²) in [5.74, 6) is -0.801. The monoisotopic (exact) mass is 464 g/mol. The highest BCUT2D eigenvalue weighted by atomic mass is 19.4. The fraction of sp³-hybridized carbons (Fsp3) is 0.364. The van der Waals surface area contributed by atoms with E-state index < -0.39 is 34.9 Å². The number of hydrogen-bond donors (Lipinski definition) is 1. The predicted molar refractivity (Wildman–Crippen MR) is 114 cm³/mol. The van der Waals surface area contributed by atoms with E-state index in [0.717, 1.165) is 22.8 Å². The van der Waals surface area contributed by atoms with Crippen molar-refractivity contribution in [1.29, 1.82) is 0 Å². The summed E-state index contributed by atoms with van der Waals surface area (Å²) in [5, 5.41) is 2.63. The van der Waals surface area contributed by atoms with E-state index in [4.69, 9.17) is 0 Å². The van der Waals surface area contributed by atoms with Gasteiger partial charge in [-0.15, -0.1) is 0 Å². The molecule has 11 heteroatoms. The second kappa shape index (κ2) is 9.47. The standard InChI is InChI=1S/C22H23F3N4O4/c1-27-12-15(20(32)28(2)21(27)33)8-9-18(30)26-17(13-29-10-4-7-19(29)31)14-5-3-6-16(11-14)22(23,24)25/h3,5-6,8-9,11-12,17H,4,7,10,13H2,1-2H3,(H,26,30)/b9-8+. The first-order valence-corrected chi connectivity index (χ1v) is 10.2. The fourth-order valence-corrected chi connectivity index (χ4v) is 3.62. The molecule has 33 heavy (non-hydrogen) atoms. The molecule has 2 heterocycles. The molecule has 3 rings (SSSR count). The number of nitrogens with one attached hydrogen (secondary N) is 1. The molecule has 2 amide bonds. The van der Waals surface area contributed by atoms with Gasteiger partial charge in [-0.25, -0.2) is 4.79 Å². The summed E-state index contributed by atoms with van der Waals surface area (Å²) in [4.78, 5) is 50.1. The number of hydrogen-bond acceptors (Lipinski definition) is 4. The van der Waals surface area contributed by atoms with Gasteiger partial charge in [-0.05, 0) is 30.2 Å². The van der Waals surface area contributed by atoms with Gasteiger partial charge >= 0.3 is 11.9 Å². The third kappa shape index (κ3) is 5.60. The second-order valence-corrected chi connectivity index (χ2v) is 7.80. The number of carbonyl (C=O) groups excluding carboxylic acids is 2. The number of aryl methyl sites for hydroxylation is 1. The molecule has 1 atom stereocenters. The minimum atomic E-state index is -4.56. The molecule has 8 nitrogen and oxygen atoms in total. The Morgan fingerprint density at radius 2 is 1.94 bits per heavy atom. The van der Waals surface area contributed by atoms with E-state index in [1.54, 1.807) is 0 Å². The second-order valence-electron chi connectivity index (χ2n) is 7.80. The summed E-state index contributed by atoms with van der Waals surface area (Å²) in [7, 11) is 2.76. The van der Waals surface area contributed by atoms with Crippen LogP contribution in [0, 0.1) is 0 Å². The molecule has 1 aromatic heterocycles. The SMILES string of the molecule is Cn1cc(/C=C/C(=O)NC(CN2CCCC2=O)c2cccc(C(F)(F)F)c2)c(=O)n(C)c1=O. The summed E-state index contributed by atoms with van der Waals surface area (Å²) in [6.45, 7) is 0.468. The number of nitrogens with zero attached hydrogens (tertiary/aromatic N) is 3. The number of halogens is 3. The average Bonchev–Trinajstić information content (AvgIpc) is 3.17. The van der Waals surface area contributed by atoms with Crippen molar-refractivity contribution >= 4 is 17.9 Å². The minimum absolute atomic E-state index is 0.0152. The van der Waals surface area contributed by atoms with Crippen LogP contribution in [0.4, 0.5) is 13.2 Å². The molecular formula is C22H23F3N4O4. The number of aromatic nitrogens is 2. The van der Waals surface area contributed by atoms with Crippen LogP contribution in [0.2, 0.25) is 0 Å². The zero-order valence-corrected chi connectivity index (χ0v) is 18.1. The van der Waals surface area contributed by atoms with Crippen LogP contribution in [0.3, 0.4) is 0 Å². The zero-order chi connectivity index (χ0) is 24.3. The van der Waals surface area contributed by atoms with Crippen molar-refractivity contribution in [2.75, 3.05) is 13.1 Å². The maximum atomic E-state index is 13.2. The smallest absolute Gasteiger partial charge is 0.344 e. The maximum absolute atomic E-state index is 13.2. The van der Waals surface area contributed by atoms with Crippen molar-refractivity contribution in [3.63, 3.8) is 0 Å². The van der Waals surface area contributed by atoms with Crippen LogP contribution in [-0.4, -0.2) is 38.9 Å². The molecule has 1 fully saturated rings.